The van der Waals surface area contributed by atoms with Crippen LogP contribution >= 0.6 is 48.0 Å². The van der Waals surface area contributed by atoms with Crippen molar-refractivity contribution < 1.29 is 5.11 Å². The molecule has 1 heterocycles. The maximum Gasteiger partial charge on any atom is 0.139 e. The summed E-state index contributed by atoms with van der Waals surface area (Å²) < 4.78 is 0. The fourth-order valence-corrected chi connectivity index (χ4v) is 3.44. The number of rotatable bonds is 3. The quantitative estimate of drug-likeness (QED) is 0.843. The van der Waals surface area contributed by atoms with Gasteiger partial charge in [-0.2, -0.15) is 0 Å². The summed E-state index contributed by atoms with van der Waals surface area (Å²) in [5.74, 6) is 0.819. The molecule has 1 aliphatic heterocycles. The van der Waals surface area contributed by atoms with Crippen molar-refractivity contribution in [2.45, 2.75) is 18.9 Å². The van der Waals surface area contributed by atoms with Crippen molar-refractivity contribution in [1.29, 1.82) is 0 Å². The highest BCUT2D eigenvalue weighted by molar-refractivity contribution is 6.35. The van der Waals surface area contributed by atoms with E-state index in [4.69, 9.17) is 23.2 Å². The monoisotopic (exact) mass is 372 g/mol. The Labute approximate surface area is 147 Å². The van der Waals surface area contributed by atoms with E-state index >= 15 is 0 Å². The number of hydrogen-bond acceptors (Lipinski definition) is 3. The second-order valence-electron chi connectivity index (χ2n) is 5.39. The third-order valence-corrected chi connectivity index (χ3v) is 4.50. The Bertz CT molecular complexity index is 476. The van der Waals surface area contributed by atoms with E-state index in [1.807, 2.05) is 6.07 Å². The number of aromatic hydroxyl groups is 1. The molecule has 0 spiro atoms. The van der Waals surface area contributed by atoms with Gasteiger partial charge in [-0.1, -0.05) is 23.2 Å². The number of phenolic OH excluding ortho intramolecular Hbond substituents is 1. The Kier molecular flexibility index (Phi) is 7.38. The topological polar surface area (TPSA) is 35.5 Å². The van der Waals surface area contributed by atoms with Crippen molar-refractivity contribution in [2.75, 3.05) is 26.2 Å². The Morgan fingerprint density at radius 1 is 1.14 bits per heavy atom. The number of nitrogens with one attached hydrogen (secondary N) is 1. The molecule has 2 N–H and O–H groups in total. The van der Waals surface area contributed by atoms with Gasteiger partial charge in [0.15, 0.2) is 0 Å². The van der Waals surface area contributed by atoms with E-state index in [1.165, 1.54) is 12.8 Å². The van der Waals surface area contributed by atoms with Crippen LogP contribution in [0.25, 0.3) is 0 Å². The van der Waals surface area contributed by atoms with Crippen LogP contribution < -0.4 is 5.32 Å². The van der Waals surface area contributed by atoms with Gasteiger partial charge in [0.25, 0.3) is 0 Å². The molecule has 1 saturated carbocycles. The third-order valence-electron chi connectivity index (χ3n) is 3.99. The molecule has 0 bridgehead atoms. The normalized spacial score (nSPS) is 20.3. The number of phenols is 1. The lowest BCUT2D eigenvalue weighted by Crippen LogP contribution is -2.45. The molecule has 2 aliphatic rings. The van der Waals surface area contributed by atoms with E-state index in [0.29, 0.717) is 16.0 Å². The van der Waals surface area contributed by atoms with Gasteiger partial charge in [0.05, 0.1) is 5.02 Å². The molecule has 0 aromatic heterocycles. The van der Waals surface area contributed by atoms with Gasteiger partial charge in [-0.25, -0.2) is 0 Å². The molecule has 3 nitrogen and oxygen atoms in total. The molecule has 21 heavy (non-hydrogen) atoms. The van der Waals surface area contributed by atoms with E-state index in [-0.39, 0.29) is 36.6 Å². The highest BCUT2D eigenvalue weighted by atomic mass is 35.5. The molecule has 0 radical (unpaired) electrons. The van der Waals surface area contributed by atoms with Gasteiger partial charge in [0.1, 0.15) is 5.75 Å². The first-order valence-electron chi connectivity index (χ1n) is 6.79. The Morgan fingerprint density at radius 2 is 1.76 bits per heavy atom. The summed E-state index contributed by atoms with van der Waals surface area (Å²) in [5, 5.41) is 14.6. The Balaban J connectivity index is 0.00000110. The predicted molar refractivity (Wildman–Crippen MR) is 92.5 cm³/mol. The smallest absolute Gasteiger partial charge is 0.139 e. The summed E-state index contributed by atoms with van der Waals surface area (Å²) in [5.41, 5.74) is 0.891. The van der Waals surface area contributed by atoms with Gasteiger partial charge in [-0.05, 0) is 30.9 Å². The van der Waals surface area contributed by atoms with Crippen molar-refractivity contribution in [3.05, 3.63) is 27.7 Å². The lowest BCUT2D eigenvalue weighted by atomic mass is 9.98. The van der Waals surface area contributed by atoms with Crippen molar-refractivity contribution in [1.82, 2.24) is 10.2 Å². The van der Waals surface area contributed by atoms with Crippen LogP contribution in [0.4, 0.5) is 0 Å². The van der Waals surface area contributed by atoms with E-state index in [9.17, 15) is 5.11 Å². The summed E-state index contributed by atoms with van der Waals surface area (Å²) in [7, 11) is 0. The minimum absolute atomic E-state index is 0. The van der Waals surface area contributed by atoms with Gasteiger partial charge in [-0.15, -0.1) is 24.8 Å². The van der Waals surface area contributed by atoms with Crippen molar-refractivity contribution in [3.63, 3.8) is 0 Å². The molecule has 7 heteroatoms. The molecule has 0 amide bonds. The van der Waals surface area contributed by atoms with Crippen LogP contribution in [0.3, 0.4) is 0 Å². The molecule has 1 saturated heterocycles. The van der Waals surface area contributed by atoms with Crippen LogP contribution in [0.15, 0.2) is 12.1 Å². The van der Waals surface area contributed by atoms with Gasteiger partial charge in [0, 0.05) is 42.8 Å². The van der Waals surface area contributed by atoms with Crippen LogP contribution in [-0.4, -0.2) is 36.2 Å². The van der Waals surface area contributed by atoms with Crippen molar-refractivity contribution >= 4 is 48.0 Å². The summed E-state index contributed by atoms with van der Waals surface area (Å²) in [4.78, 5) is 2.44. The van der Waals surface area contributed by atoms with Crippen LogP contribution in [-0.2, 0) is 0 Å². The number of piperazine rings is 1. The molecule has 120 valence electrons. The zero-order chi connectivity index (χ0) is 13.4. The molecule has 2 fully saturated rings. The van der Waals surface area contributed by atoms with Crippen molar-refractivity contribution in [2.24, 2.45) is 5.92 Å². The maximum atomic E-state index is 10.3. The predicted octanol–water partition coefficient (Wildman–Crippen LogP) is 3.90. The second kappa shape index (κ2) is 8.09. The van der Waals surface area contributed by atoms with Gasteiger partial charge in [0.2, 0.25) is 0 Å². The first kappa shape index (κ1) is 19.1. The van der Waals surface area contributed by atoms with Gasteiger partial charge < -0.3 is 10.4 Å². The van der Waals surface area contributed by atoms with Gasteiger partial charge in [-0.3, -0.25) is 4.90 Å². The molecule has 1 atom stereocenters. The molecular weight excluding hydrogens is 354 g/mol. The molecule has 3 rings (SSSR count). The molecular formula is C14H20Cl4N2O. The minimum Gasteiger partial charge on any atom is -0.506 e. The zero-order valence-electron chi connectivity index (χ0n) is 11.5. The number of nitrogens with zero attached hydrogens (tertiary/aromatic N) is 1. The van der Waals surface area contributed by atoms with Crippen LogP contribution in [0.1, 0.15) is 24.4 Å². The fourth-order valence-electron chi connectivity index (χ4n) is 2.93. The van der Waals surface area contributed by atoms with E-state index in [2.05, 4.69) is 10.2 Å². The summed E-state index contributed by atoms with van der Waals surface area (Å²) in [6.07, 6.45) is 2.44. The molecule has 0 unspecified atom stereocenters. The van der Waals surface area contributed by atoms with Gasteiger partial charge >= 0.3 is 0 Å². The lowest BCUT2D eigenvalue weighted by molar-refractivity contribution is 0.153. The first-order valence-corrected chi connectivity index (χ1v) is 7.55. The molecule has 1 aromatic rings. The van der Waals surface area contributed by atoms with E-state index < -0.39 is 0 Å². The number of benzene rings is 1. The lowest BCUT2D eigenvalue weighted by Gasteiger charge is -2.36. The fraction of sp³-hybridized carbons (Fsp3) is 0.571. The average molecular weight is 374 g/mol. The second-order valence-corrected chi connectivity index (χ2v) is 6.24. The Hall–Kier alpha value is 0.1000. The first-order chi connectivity index (χ1) is 9.16. The highest BCUT2D eigenvalue weighted by Gasteiger charge is 2.38. The summed E-state index contributed by atoms with van der Waals surface area (Å²) >= 11 is 12.2. The average Bonchev–Trinajstić information content (AvgIpc) is 3.21. The zero-order valence-corrected chi connectivity index (χ0v) is 14.7. The SMILES string of the molecule is Cl.Cl.Oc1c(Cl)cc(Cl)cc1[C@H](C1CC1)N1CCNCC1. The number of halogens is 4. The number of hydrogen-bond donors (Lipinski definition) is 2. The maximum absolute atomic E-state index is 10.3. The molecule has 1 aliphatic carbocycles. The largest absolute Gasteiger partial charge is 0.506 e. The summed E-state index contributed by atoms with van der Waals surface area (Å²) in [6, 6.07) is 3.72. The third kappa shape index (κ3) is 4.31. The van der Waals surface area contributed by atoms with E-state index in [0.717, 1.165) is 31.7 Å². The standard InChI is InChI=1S/C14H18Cl2N2O.2ClH/c15-10-7-11(14(19)12(16)8-10)13(9-1-2-9)18-5-3-17-4-6-18;;/h7-9,13,17,19H,1-6H2;2*1H/t13-;;/m0../s1. The van der Waals surface area contributed by atoms with Crippen LogP contribution in [0.2, 0.25) is 10.0 Å². The highest BCUT2D eigenvalue weighted by Crippen LogP contribution is 2.48. The minimum atomic E-state index is 0. The summed E-state index contributed by atoms with van der Waals surface area (Å²) in [6.45, 7) is 4.01. The van der Waals surface area contributed by atoms with Crippen LogP contribution in [0.5, 0.6) is 5.75 Å². The van der Waals surface area contributed by atoms with Crippen molar-refractivity contribution in [3.8, 4) is 5.75 Å². The Morgan fingerprint density at radius 3 is 2.33 bits per heavy atom. The molecule has 1 aromatic carbocycles. The van der Waals surface area contributed by atoms with E-state index in [1.54, 1.807) is 6.07 Å². The van der Waals surface area contributed by atoms with Crippen LogP contribution in [0, 0.1) is 5.92 Å².